The third kappa shape index (κ3) is 3.45. The lowest BCUT2D eigenvalue weighted by atomic mass is 10.1. The number of carbonyl (C=O) groups is 1. The molecule has 0 saturated heterocycles. The number of halogens is 4. The van der Waals surface area contributed by atoms with Gasteiger partial charge in [-0.15, -0.1) is 0 Å². The smallest absolute Gasteiger partial charge is 0.350 e. The number of hydrogen-bond acceptors (Lipinski definition) is 1. The maximum Gasteiger partial charge on any atom is 0.383 e. The fourth-order valence-corrected chi connectivity index (χ4v) is 1.42. The van der Waals surface area contributed by atoms with Gasteiger partial charge in [-0.3, -0.25) is 4.79 Å². The van der Waals surface area contributed by atoms with Crippen molar-refractivity contribution in [2.75, 3.05) is 6.54 Å². The van der Waals surface area contributed by atoms with E-state index in [0.29, 0.717) is 6.42 Å². The van der Waals surface area contributed by atoms with E-state index in [0.717, 1.165) is 11.1 Å². The van der Waals surface area contributed by atoms with Gasteiger partial charge in [0.2, 0.25) is 0 Å². The average Bonchev–Trinajstić information content (AvgIpc) is 2.31. The zero-order valence-corrected chi connectivity index (χ0v) is 9.72. The number of rotatable bonds is 5. The van der Waals surface area contributed by atoms with Crippen LogP contribution in [0.1, 0.15) is 11.1 Å². The largest absolute Gasteiger partial charge is 0.383 e. The van der Waals surface area contributed by atoms with Gasteiger partial charge in [-0.1, -0.05) is 24.3 Å². The normalized spacial score (nSPS) is 11.7. The van der Waals surface area contributed by atoms with Crippen LogP contribution in [-0.2, 0) is 11.2 Å². The molecule has 0 saturated carbocycles. The molecule has 0 heterocycles. The molecular formula is C12H13F4NO. The van der Waals surface area contributed by atoms with Crippen molar-refractivity contribution in [1.29, 1.82) is 0 Å². The molecule has 0 radical (unpaired) electrons. The first kappa shape index (κ1) is 14.5. The number of nitrogens with one attached hydrogen (secondary N) is 1. The minimum atomic E-state index is -4.63. The minimum Gasteiger partial charge on any atom is -0.350 e. The third-order valence-electron chi connectivity index (χ3n) is 2.52. The first-order valence-corrected chi connectivity index (χ1v) is 5.34. The highest BCUT2D eigenvalue weighted by Gasteiger charge is 2.48. The molecule has 1 aromatic carbocycles. The monoisotopic (exact) mass is 263 g/mol. The van der Waals surface area contributed by atoms with E-state index in [9.17, 15) is 22.4 Å². The summed E-state index contributed by atoms with van der Waals surface area (Å²) in [4.78, 5) is 10.8. The van der Waals surface area contributed by atoms with Crippen molar-refractivity contribution < 1.29 is 22.4 Å². The predicted octanol–water partition coefficient (Wildman–Crippen LogP) is 2.55. The van der Waals surface area contributed by atoms with E-state index in [4.69, 9.17) is 0 Å². The summed E-state index contributed by atoms with van der Waals surface area (Å²) in [5.74, 6) is -6.57. The Morgan fingerprint density at radius 3 is 2.50 bits per heavy atom. The highest BCUT2D eigenvalue weighted by molar-refractivity contribution is 5.83. The van der Waals surface area contributed by atoms with Gasteiger partial charge in [-0.05, 0) is 24.5 Å². The van der Waals surface area contributed by atoms with Gasteiger partial charge in [-0.25, -0.2) is 8.78 Å². The van der Waals surface area contributed by atoms with Crippen LogP contribution in [0.2, 0.25) is 0 Å². The molecule has 0 bridgehead atoms. The molecule has 18 heavy (non-hydrogen) atoms. The standard InChI is InChI=1S/C12H13F4NO/c1-8-4-2-3-5-9(8)6-7-17-11(18)12(15,16)10(13)14/h2-5,10H,6-7H2,1H3,(H,17,18). The summed E-state index contributed by atoms with van der Waals surface area (Å²) in [7, 11) is 0. The predicted molar refractivity (Wildman–Crippen MR) is 58.8 cm³/mol. The molecule has 0 unspecified atom stereocenters. The Hall–Kier alpha value is -1.59. The summed E-state index contributed by atoms with van der Waals surface area (Å²) in [6, 6.07) is 7.22. The summed E-state index contributed by atoms with van der Waals surface area (Å²) in [5, 5.41) is 1.81. The Kier molecular flexibility index (Phi) is 4.69. The van der Waals surface area contributed by atoms with Crippen molar-refractivity contribution in [2.45, 2.75) is 25.7 Å². The lowest BCUT2D eigenvalue weighted by Gasteiger charge is -2.15. The molecule has 1 rings (SSSR count). The van der Waals surface area contributed by atoms with Crippen LogP contribution >= 0.6 is 0 Å². The SMILES string of the molecule is Cc1ccccc1CCNC(=O)C(F)(F)C(F)F. The van der Waals surface area contributed by atoms with Gasteiger partial charge in [0.05, 0.1) is 0 Å². The molecule has 0 aliphatic heterocycles. The van der Waals surface area contributed by atoms with Gasteiger partial charge < -0.3 is 5.32 Å². The molecule has 100 valence electrons. The van der Waals surface area contributed by atoms with Crippen molar-refractivity contribution in [2.24, 2.45) is 0 Å². The van der Waals surface area contributed by atoms with Crippen molar-refractivity contribution in [1.82, 2.24) is 5.32 Å². The highest BCUT2D eigenvalue weighted by atomic mass is 19.3. The molecule has 0 spiro atoms. The minimum absolute atomic E-state index is 0.105. The second-order valence-electron chi connectivity index (χ2n) is 3.86. The van der Waals surface area contributed by atoms with Crippen LogP contribution in [0.4, 0.5) is 17.6 Å². The van der Waals surface area contributed by atoms with Gasteiger partial charge in [0.25, 0.3) is 5.91 Å². The van der Waals surface area contributed by atoms with Gasteiger partial charge in [0, 0.05) is 6.54 Å². The summed E-state index contributed by atoms with van der Waals surface area (Å²) in [6.07, 6.45) is -3.67. The Labute approximate surface area is 102 Å². The van der Waals surface area contributed by atoms with Crippen molar-refractivity contribution in [3.05, 3.63) is 35.4 Å². The molecule has 0 aliphatic rings. The van der Waals surface area contributed by atoms with E-state index in [1.807, 2.05) is 24.4 Å². The van der Waals surface area contributed by atoms with Crippen molar-refractivity contribution in [3.8, 4) is 0 Å². The van der Waals surface area contributed by atoms with Crippen LogP contribution in [0.15, 0.2) is 24.3 Å². The fraction of sp³-hybridized carbons (Fsp3) is 0.417. The number of carbonyl (C=O) groups excluding carboxylic acids is 1. The van der Waals surface area contributed by atoms with E-state index in [-0.39, 0.29) is 6.54 Å². The first-order valence-electron chi connectivity index (χ1n) is 5.34. The fourth-order valence-electron chi connectivity index (χ4n) is 1.42. The summed E-state index contributed by atoms with van der Waals surface area (Å²) < 4.78 is 48.9. The molecule has 0 aliphatic carbocycles. The van der Waals surface area contributed by atoms with Crippen LogP contribution in [-0.4, -0.2) is 24.8 Å². The number of hydrogen-bond donors (Lipinski definition) is 1. The Balaban J connectivity index is 2.48. The topological polar surface area (TPSA) is 29.1 Å². The molecule has 1 N–H and O–H groups in total. The first-order chi connectivity index (χ1) is 8.35. The summed E-state index contributed by atoms with van der Waals surface area (Å²) in [5.41, 5.74) is 1.82. The van der Waals surface area contributed by atoms with Crippen molar-refractivity contribution in [3.63, 3.8) is 0 Å². The van der Waals surface area contributed by atoms with E-state index in [1.54, 1.807) is 12.1 Å². The third-order valence-corrected chi connectivity index (χ3v) is 2.52. The average molecular weight is 263 g/mol. The lowest BCUT2D eigenvalue weighted by molar-refractivity contribution is -0.169. The lowest BCUT2D eigenvalue weighted by Crippen LogP contribution is -2.45. The molecule has 1 amide bonds. The van der Waals surface area contributed by atoms with Gasteiger partial charge in [0.1, 0.15) is 0 Å². The summed E-state index contributed by atoms with van der Waals surface area (Å²) in [6.45, 7) is 1.73. The Morgan fingerprint density at radius 2 is 1.94 bits per heavy atom. The van der Waals surface area contributed by atoms with Gasteiger partial charge in [-0.2, -0.15) is 8.78 Å². The van der Waals surface area contributed by atoms with E-state index in [2.05, 4.69) is 0 Å². The van der Waals surface area contributed by atoms with Crippen LogP contribution in [0, 0.1) is 6.92 Å². The maximum atomic E-state index is 12.6. The van der Waals surface area contributed by atoms with Gasteiger partial charge in [0.15, 0.2) is 0 Å². The van der Waals surface area contributed by atoms with E-state index in [1.165, 1.54) is 0 Å². The van der Waals surface area contributed by atoms with E-state index >= 15 is 0 Å². The Bertz CT molecular complexity index is 420. The van der Waals surface area contributed by atoms with Crippen LogP contribution < -0.4 is 5.32 Å². The number of alkyl halides is 4. The Morgan fingerprint density at radius 1 is 1.33 bits per heavy atom. The number of aryl methyl sites for hydroxylation is 1. The number of amides is 1. The zero-order valence-electron chi connectivity index (χ0n) is 9.72. The number of benzene rings is 1. The molecule has 2 nitrogen and oxygen atoms in total. The van der Waals surface area contributed by atoms with Crippen molar-refractivity contribution >= 4 is 5.91 Å². The molecular weight excluding hydrogens is 250 g/mol. The quantitative estimate of drug-likeness (QED) is 0.813. The molecule has 0 aromatic heterocycles. The zero-order chi connectivity index (χ0) is 13.8. The molecule has 0 atom stereocenters. The summed E-state index contributed by atoms with van der Waals surface area (Å²) >= 11 is 0. The van der Waals surface area contributed by atoms with Crippen LogP contribution in [0.5, 0.6) is 0 Å². The van der Waals surface area contributed by atoms with Gasteiger partial charge >= 0.3 is 12.3 Å². The second-order valence-corrected chi connectivity index (χ2v) is 3.86. The van der Waals surface area contributed by atoms with Crippen LogP contribution in [0.25, 0.3) is 0 Å². The van der Waals surface area contributed by atoms with E-state index < -0.39 is 18.3 Å². The maximum absolute atomic E-state index is 12.6. The second kappa shape index (κ2) is 5.84. The van der Waals surface area contributed by atoms with Crippen LogP contribution in [0.3, 0.4) is 0 Å². The highest BCUT2D eigenvalue weighted by Crippen LogP contribution is 2.22. The molecule has 1 aromatic rings. The molecule has 0 fully saturated rings. The molecule has 6 heteroatoms.